The van der Waals surface area contributed by atoms with Gasteiger partial charge in [0.25, 0.3) is 0 Å². The lowest BCUT2D eigenvalue weighted by Gasteiger charge is -2.26. The molecule has 0 unspecified atom stereocenters. The molecule has 0 heterocycles. The third-order valence-corrected chi connectivity index (χ3v) is 3.96. The Kier molecular flexibility index (Phi) is 2.12. The Hall–Kier alpha value is -1.11. The summed E-state index contributed by atoms with van der Waals surface area (Å²) in [4.78, 5) is 12.1. The van der Waals surface area contributed by atoms with E-state index in [1.807, 2.05) is 0 Å². The number of Topliss-reactive ketones (excluding diaryl/α,β-unsaturated/α-hetero) is 1. The summed E-state index contributed by atoms with van der Waals surface area (Å²) in [6.07, 6.45) is 5.53. The zero-order valence-electron chi connectivity index (χ0n) is 8.91. The van der Waals surface area contributed by atoms with Gasteiger partial charge in [-0.1, -0.05) is 30.7 Å². The Labute approximate surface area is 90.5 Å². The monoisotopic (exact) mass is 200 g/mol. The Bertz CT molecular complexity index is 365. The molecule has 2 aliphatic carbocycles. The molecular formula is C14H16O. The predicted octanol–water partition coefficient (Wildman–Crippen LogP) is 2.77. The maximum Gasteiger partial charge on any atom is 0.139 e. The summed E-state index contributed by atoms with van der Waals surface area (Å²) >= 11 is 0. The van der Waals surface area contributed by atoms with Crippen molar-refractivity contribution in [3.63, 3.8) is 0 Å². The lowest BCUT2D eigenvalue weighted by atomic mass is 9.77. The highest BCUT2D eigenvalue weighted by Crippen LogP contribution is 2.35. The number of rotatable bonds is 2. The van der Waals surface area contributed by atoms with Crippen molar-refractivity contribution in [2.24, 2.45) is 11.8 Å². The van der Waals surface area contributed by atoms with Crippen molar-refractivity contribution in [3.8, 4) is 0 Å². The van der Waals surface area contributed by atoms with Gasteiger partial charge in [0, 0.05) is 11.8 Å². The van der Waals surface area contributed by atoms with E-state index >= 15 is 0 Å². The first-order valence-corrected chi connectivity index (χ1v) is 5.95. The van der Waals surface area contributed by atoms with E-state index in [9.17, 15) is 4.79 Å². The van der Waals surface area contributed by atoms with Crippen LogP contribution in [-0.2, 0) is 17.6 Å². The van der Waals surface area contributed by atoms with Gasteiger partial charge in [0.05, 0.1) is 0 Å². The van der Waals surface area contributed by atoms with Gasteiger partial charge in [-0.2, -0.15) is 0 Å². The molecule has 78 valence electrons. The van der Waals surface area contributed by atoms with Crippen LogP contribution >= 0.6 is 0 Å². The maximum absolute atomic E-state index is 12.1. The van der Waals surface area contributed by atoms with E-state index in [0.717, 1.165) is 25.7 Å². The molecule has 3 rings (SSSR count). The van der Waals surface area contributed by atoms with Crippen molar-refractivity contribution in [1.82, 2.24) is 0 Å². The van der Waals surface area contributed by atoms with Crippen molar-refractivity contribution < 1.29 is 4.79 Å². The molecule has 15 heavy (non-hydrogen) atoms. The van der Waals surface area contributed by atoms with Gasteiger partial charge in [-0.05, 0) is 36.8 Å². The zero-order chi connectivity index (χ0) is 10.3. The summed E-state index contributed by atoms with van der Waals surface area (Å²) in [7, 11) is 0. The van der Waals surface area contributed by atoms with Crippen LogP contribution in [0.4, 0.5) is 0 Å². The number of carbonyl (C=O) groups is 1. The third-order valence-electron chi connectivity index (χ3n) is 3.96. The number of carbonyl (C=O) groups excluding carboxylic acids is 1. The van der Waals surface area contributed by atoms with Crippen LogP contribution in [-0.4, -0.2) is 5.78 Å². The lowest BCUT2D eigenvalue weighted by Crippen LogP contribution is -2.28. The summed E-state index contributed by atoms with van der Waals surface area (Å²) in [5, 5.41) is 0. The molecule has 0 radical (unpaired) electrons. The second-order valence-corrected chi connectivity index (χ2v) is 4.90. The highest BCUT2D eigenvalue weighted by molar-refractivity contribution is 5.85. The van der Waals surface area contributed by atoms with E-state index in [1.54, 1.807) is 0 Å². The van der Waals surface area contributed by atoms with E-state index in [2.05, 4.69) is 24.3 Å². The number of hydrogen-bond donors (Lipinski definition) is 0. The van der Waals surface area contributed by atoms with E-state index in [4.69, 9.17) is 0 Å². The highest BCUT2D eigenvalue weighted by atomic mass is 16.1. The first-order chi connectivity index (χ1) is 7.34. The van der Waals surface area contributed by atoms with E-state index in [0.29, 0.717) is 17.6 Å². The molecule has 1 aromatic carbocycles. The Balaban J connectivity index is 1.75. The van der Waals surface area contributed by atoms with Crippen LogP contribution in [0.15, 0.2) is 24.3 Å². The van der Waals surface area contributed by atoms with Crippen LogP contribution in [0.3, 0.4) is 0 Å². The largest absolute Gasteiger partial charge is 0.299 e. The van der Waals surface area contributed by atoms with Crippen molar-refractivity contribution in [3.05, 3.63) is 35.4 Å². The summed E-state index contributed by atoms with van der Waals surface area (Å²) in [6, 6.07) is 8.50. The summed E-state index contributed by atoms with van der Waals surface area (Å²) in [5.41, 5.74) is 2.80. The van der Waals surface area contributed by atoms with Gasteiger partial charge in [0.1, 0.15) is 5.78 Å². The van der Waals surface area contributed by atoms with Gasteiger partial charge >= 0.3 is 0 Å². The molecule has 0 amide bonds. The minimum absolute atomic E-state index is 0.299. The second kappa shape index (κ2) is 3.48. The normalized spacial score (nSPS) is 21.1. The molecule has 1 nitrogen and oxygen atoms in total. The molecule has 0 bridgehead atoms. The van der Waals surface area contributed by atoms with Gasteiger partial charge in [-0.15, -0.1) is 0 Å². The first kappa shape index (κ1) is 9.14. The molecule has 0 spiro atoms. The van der Waals surface area contributed by atoms with Crippen LogP contribution in [0.1, 0.15) is 30.4 Å². The fourth-order valence-corrected chi connectivity index (χ4v) is 2.79. The first-order valence-electron chi connectivity index (χ1n) is 5.95. The lowest BCUT2D eigenvalue weighted by molar-refractivity contribution is -0.128. The fourth-order valence-electron chi connectivity index (χ4n) is 2.79. The van der Waals surface area contributed by atoms with Crippen molar-refractivity contribution in [2.45, 2.75) is 32.1 Å². The standard InChI is InChI=1S/C14H16O/c15-14(10-6-3-7-10)13-8-11-4-1-2-5-12(11)9-13/h1-2,4-5,10,13H,3,6-9H2. The third kappa shape index (κ3) is 1.50. The van der Waals surface area contributed by atoms with Crippen LogP contribution in [0.25, 0.3) is 0 Å². The van der Waals surface area contributed by atoms with Gasteiger partial charge in [-0.3, -0.25) is 4.79 Å². The summed E-state index contributed by atoms with van der Waals surface area (Å²) in [5.74, 6) is 1.24. The van der Waals surface area contributed by atoms with E-state index in [1.165, 1.54) is 17.5 Å². The second-order valence-electron chi connectivity index (χ2n) is 4.90. The van der Waals surface area contributed by atoms with Crippen LogP contribution in [0.2, 0.25) is 0 Å². The minimum Gasteiger partial charge on any atom is -0.299 e. The fraction of sp³-hybridized carbons (Fsp3) is 0.500. The number of hydrogen-bond acceptors (Lipinski definition) is 1. The topological polar surface area (TPSA) is 17.1 Å². The molecule has 0 atom stereocenters. The quantitative estimate of drug-likeness (QED) is 0.717. The molecular weight excluding hydrogens is 184 g/mol. The molecule has 0 aromatic heterocycles. The molecule has 1 saturated carbocycles. The predicted molar refractivity (Wildman–Crippen MR) is 59.7 cm³/mol. The Morgan fingerprint density at radius 3 is 2.07 bits per heavy atom. The van der Waals surface area contributed by atoms with Gasteiger partial charge < -0.3 is 0 Å². The smallest absolute Gasteiger partial charge is 0.139 e. The molecule has 1 heteroatoms. The SMILES string of the molecule is O=C(C1CCC1)C1Cc2ccccc2C1. The summed E-state index contributed by atoms with van der Waals surface area (Å²) in [6.45, 7) is 0. The molecule has 2 aliphatic rings. The summed E-state index contributed by atoms with van der Waals surface area (Å²) < 4.78 is 0. The van der Waals surface area contributed by atoms with Gasteiger partial charge in [0.15, 0.2) is 0 Å². The number of ketones is 1. The van der Waals surface area contributed by atoms with E-state index < -0.39 is 0 Å². The molecule has 1 aromatic rings. The number of fused-ring (bicyclic) bond motifs is 1. The molecule has 0 aliphatic heterocycles. The maximum atomic E-state index is 12.1. The molecule has 0 saturated heterocycles. The van der Waals surface area contributed by atoms with Crippen molar-refractivity contribution >= 4 is 5.78 Å². The van der Waals surface area contributed by atoms with Gasteiger partial charge in [-0.25, -0.2) is 0 Å². The van der Waals surface area contributed by atoms with Crippen LogP contribution < -0.4 is 0 Å². The number of benzene rings is 1. The van der Waals surface area contributed by atoms with Gasteiger partial charge in [0.2, 0.25) is 0 Å². The Morgan fingerprint density at radius 2 is 1.60 bits per heavy atom. The van der Waals surface area contributed by atoms with Crippen molar-refractivity contribution in [2.75, 3.05) is 0 Å². The minimum atomic E-state index is 0.299. The van der Waals surface area contributed by atoms with E-state index in [-0.39, 0.29) is 0 Å². The van der Waals surface area contributed by atoms with Crippen molar-refractivity contribution in [1.29, 1.82) is 0 Å². The highest BCUT2D eigenvalue weighted by Gasteiger charge is 2.34. The molecule has 1 fully saturated rings. The molecule has 0 N–H and O–H groups in total. The zero-order valence-corrected chi connectivity index (χ0v) is 8.91. The average molecular weight is 200 g/mol. The average Bonchev–Trinajstić information content (AvgIpc) is 2.58. The Morgan fingerprint density at radius 1 is 1.00 bits per heavy atom. The van der Waals surface area contributed by atoms with Crippen LogP contribution in [0.5, 0.6) is 0 Å². The van der Waals surface area contributed by atoms with Crippen LogP contribution in [0, 0.1) is 11.8 Å².